The van der Waals surface area contributed by atoms with Crippen LogP contribution in [0.4, 0.5) is 45.5 Å². The zero-order valence-electron chi connectivity index (χ0n) is 36.3. The van der Waals surface area contributed by atoms with Crippen molar-refractivity contribution >= 4 is 68.4 Å². The van der Waals surface area contributed by atoms with Crippen molar-refractivity contribution in [1.82, 2.24) is 0 Å². The average Bonchev–Trinajstić information content (AvgIpc) is 3.69. The van der Waals surface area contributed by atoms with Gasteiger partial charge in [-0.1, -0.05) is 125 Å². The third-order valence-electron chi connectivity index (χ3n) is 13.1. The molecular weight excluding hydrogens is 785 g/mol. The van der Waals surface area contributed by atoms with Crippen LogP contribution in [0.3, 0.4) is 0 Å². The van der Waals surface area contributed by atoms with Crippen LogP contribution in [0.15, 0.2) is 185 Å². The highest BCUT2D eigenvalue weighted by Gasteiger charge is 2.37. The minimum Gasteiger partial charge on any atom is -0.399 e. The lowest BCUT2D eigenvalue weighted by Crippen LogP contribution is -2.25. The molecule has 0 spiro atoms. The third kappa shape index (κ3) is 6.97. The molecule has 308 valence electrons. The highest BCUT2D eigenvalue weighted by atomic mass is 32.2. The molecule has 2 aliphatic carbocycles. The first-order valence-electron chi connectivity index (χ1n) is 22.1. The highest BCUT2D eigenvalue weighted by Crippen LogP contribution is 2.60. The molecule has 63 heavy (non-hydrogen) atoms. The van der Waals surface area contributed by atoms with E-state index in [1.165, 1.54) is 93.7 Å². The van der Waals surface area contributed by atoms with Crippen LogP contribution in [0.1, 0.15) is 65.1 Å². The lowest BCUT2D eigenvalue weighted by Gasteiger charge is -2.40. The summed E-state index contributed by atoms with van der Waals surface area (Å²) in [4.78, 5) is 7.49. The molecule has 0 unspecified atom stereocenters. The lowest BCUT2D eigenvalue weighted by molar-refractivity contribution is 1.05. The van der Waals surface area contributed by atoms with Gasteiger partial charge in [0.1, 0.15) is 0 Å². The molecule has 0 fully saturated rings. The van der Waals surface area contributed by atoms with Crippen LogP contribution in [0.2, 0.25) is 0 Å². The summed E-state index contributed by atoms with van der Waals surface area (Å²) >= 11 is 1.92. The number of nitrogens with zero attached hydrogens (tertiary/aromatic N) is 2. The van der Waals surface area contributed by atoms with Crippen molar-refractivity contribution < 1.29 is 0 Å². The molecule has 0 saturated carbocycles. The van der Waals surface area contributed by atoms with Crippen molar-refractivity contribution in [2.75, 3.05) is 20.9 Å². The predicted octanol–water partition coefficient (Wildman–Crippen LogP) is 16.0. The monoisotopic (exact) mass is 834 g/mol. The number of nitrogens with two attached hydrogens (primary N) is 1. The maximum atomic E-state index is 6.66. The van der Waals surface area contributed by atoms with E-state index >= 15 is 0 Å². The van der Waals surface area contributed by atoms with E-state index in [1.807, 2.05) is 11.8 Å². The molecule has 2 heterocycles. The number of thioether (sulfide) groups is 1. The van der Waals surface area contributed by atoms with Gasteiger partial charge in [0.05, 0.1) is 17.1 Å². The van der Waals surface area contributed by atoms with E-state index in [2.05, 4.69) is 207 Å². The number of hydrogen-bond acceptors (Lipinski definition) is 5. The van der Waals surface area contributed by atoms with Crippen LogP contribution in [0.5, 0.6) is 0 Å². The second kappa shape index (κ2) is 15.7. The van der Waals surface area contributed by atoms with Gasteiger partial charge in [0, 0.05) is 60.6 Å². The highest BCUT2D eigenvalue weighted by molar-refractivity contribution is 8.03. The Kier molecular flexibility index (Phi) is 9.73. The molecule has 7 aromatic rings. The Morgan fingerprint density at radius 3 is 2.06 bits per heavy atom. The predicted molar refractivity (Wildman–Crippen MR) is 269 cm³/mol. The van der Waals surface area contributed by atoms with Crippen molar-refractivity contribution in [3.8, 4) is 11.1 Å². The fraction of sp³-hybridized carbons (Fsp3) is 0.138. The molecule has 0 radical (unpaired) electrons. The smallest absolute Gasteiger partial charge is 0.0683 e. The summed E-state index contributed by atoms with van der Waals surface area (Å²) in [7, 11) is 0. The molecule has 4 aliphatic rings. The van der Waals surface area contributed by atoms with Crippen LogP contribution in [-0.4, -0.2) is 0 Å². The Hall–Kier alpha value is -6.95. The number of benzene rings is 7. The van der Waals surface area contributed by atoms with Crippen LogP contribution in [0.25, 0.3) is 22.3 Å². The molecule has 11 rings (SSSR count). The van der Waals surface area contributed by atoms with Gasteiger partial charge in [0.15, 0.2) is 0 Å². The summed E-state index contributed by atoms with van der Waals surface area (Å²) in [5.41, 5.74) is 32.1. The van der Waals surface area contributed by atoms with Crippen LogP contribution < -0.4 is 20.9 Å². The van der Waals surface area contributed by atoms with Gasteiger partial charge in [0.25, 0.3) is 0 Å². The topological polar surface area (TPSA) is 44.5 Å². The molecule has 5 heteroatoms. The number of nitrogen functional groups attached to an aromatic ring is 1. The minimum absolute atomic E-state index is 0.786. The summed E-state index contributed by atoms with van der Waals surface area (Å²) in [6.07, 6.45) is 10.7. The fourth-order valence-electron chi connectivity index (χ4n) is 9.89. The van der Waals surface area contributed by atoms with Gasteiger partial charge in [-0.2, -0.15) is 0 Å². The summed E-state index contributed by atoms with van der Waals surface area (Å²) in [6, 6.07) is 53.8. The van der Waals surface area contributed by atoms with Crippen LogP contribution in [-0.2, 0) is 6.42 Å². The van der Waals surface area contributed by atoms with Gasteiger partial charge in [0.2, 0.25) is 0 Å². The van der Waals surface area contributed by atoms with Crippen LogP contribution in [0, 0.1) is 20.8 Å². The first kappa shape index (κ1) is 38.9. The number of aryl methyl sites for hydroxylation is 3. The largest absolute Gasteiger partial charge is 0.399 e. The first-order chi connectivity index (χ1) is 30.8. The van der Waals surface area contributed by atoms with Crippen molar-refractivity contribution in [2.24, 2.45) is 0 Å². The minimum atomic E-state index is 0.786. The molecule has 0 atom stereocenters. The van der Waals surface area contributed by atoms with Gasteiger partial charge in [-0.25, -0.2) is 0 Å². The van der Waals surface area contributed by atoms with Gasteiger partial charge >= 0.3 is 0 Å². The SMILES string of the molecule is C/C=C1\C2=C(c3ccc(N(c4ccc(C)cc4)c4ccc(C)cc4)cc3Nc3ccc(C)cc3)CC3=CCC=C(C3)c3cc(N)ccc3N1c1c(ccc3c1-c1ccccc1C3)S2. The lowest BCUT2D eigenvalue weighted by atomic mass is 9.84. The van der Waals surface area contributed by atoms with Crippen LogP contribution >= 0.6 is 11.8 Å². The number of nitrogens with one attached hydrogen (secondary N) is 1. The summed E-state index contributed by atoms with van der Waals surface area (Å²) in [6.45, 7) is 8.65. The third-order valence-corrected chi connectivity index (χ3v) is 14.3. The molecule has 4 bridgehead atoms. The van der Waals surface area contributed by atoms with Crippen molar-refractivity contribution in [3.05, 3.63) is 219 Å². The quantitative estimate of drug-likeness (QED) is 0.129. The molecule has 0 amide bonds. The van der Waals surface area contributed by atoms with Gasteiger partial charge < -0.3 is 20.9 Å². The average molecular weight is 835 g/mol. The normalized spacial score (nSPS) is 15.5. The molecule has 4 nitrogen and oxygen atoms in total. The maximum absolute atomic E-state index is 6.66. The van der Waals surface area contributed by atoms with E-state index in [1.54, 1.807) is 0 Å². The molecular formula is C58H50N4S. The summed E-state index contributed by atoms with van der Waals surface area (Å²) in [5, 5.41) is 3.98. The standard InChI is InChI=1S/C58H50N4S/c1-5-53-58-51(49-28-27-47(35-52(49)60-44-21-13-36(2)14-22-44)61(45-23-15-37(3)16-24-45)46-25-17-38(4)18-26-46)32-39-9-8-11-40(31-39)50-34-43(59)20-29-54(50)62(53)57-55(63-58)30-19-42-33-41-10-6-7-12-48(41)56(42)57/h5-7,9-30,34-35,60H,8,31-33,59H2,1-4H3/b53-5+,58-51?. The Balaban J connectivity index is 1.18. The van der Waals surface area contributed by atoms with E-state index in [0.717, 1.165) is 59.8 Å². The zero-order chi connectivity index (χ0) is 42.8. The summed E-state index contributed by atoms with van der Waals surface area (Å²) < 4.78 is 0. The van der Waals surface area contributed by atoms with E-state index < -0.39 is 0 Å². The molecule has 2 aliphatic heterocycles. The maximum Gasteiger partial charge on any atom is 0.0683 e. The first-order valence-corrected chi connectivity index (χ1v) is 22.9. The second-order valence-corrected chi connectivity index (χ2v) is 18.4. The molecule has 3 N–H and O–H groups in total. The van der Waals surface area contributed by atoms with E-state index in [0.29, 0.717) is 0 Å². The van der Waals surface area contributed by atoms with E-state index in [4.69, 9.17) is 5.73 Å². The Labute approximate surface area is 375 Å². The molecule has 7 aromatic carbocycles. The van der Waals surface area contributed by atoms with Gasteiger partial charge in [-0.3, -0.25) is 0 Å². The van der Waals surface area contributed by atoms with E-state index in [9.17, 15) is 0 Å². The number of anilines is 8. The summed E-state index contributed by atoms with van der Waals surface area (Å²) in [5.74, 6) is 0. The van der Waals surface area contributed by atoms with Crippen molar-refractivity contribution in [2.45, 2.75) is 58.3 Å². The number of fused-ring (bicyclic) bond motifs is 13. The fourth-order valence-corrected chi connectivity index (χ4v) is 11.2. The Bertz CT molecular complexity index is 3050. The second-order valence-electron chi connectivity index (χ2n) is 17.4. The van der Waals surface area contributed by atoms with Gasteiger partial charge in [-0.15, -0.1) is 0 Å². The number of allylic oxidation sites excluding steroid dienone is 6. The number of hydrogen-bond donors (Lipinski definition) is 2. The molecule has 0 aromatic heterocycles. The van der Waals surface area contributed by atoms with Crippen molar-refractivity contribution in [3.63, 3.8) is 0 Å². The van der Waals surface area contributed by atoms with Crippen molar-refractivity contribution in [1.29, 1.82) is 0 Å². The zero-order valence-corrected chi connectivity index (χ0v) is 37.1. The number of rotatable bonds is 6. The molecule has 0 saturated heterocycles. The van der Waals surface area contributed by atoms with Gasteiger partial charge in [-0.05, 0) is 154 Å². The van der Waals surface area contributed by atoms with E-state index in [-0.39, 0.29) is 0 Å². The Morgan fingerprint density at radius 2 is 1.33 bits per heavy atom. The Morgan fingerprint density at radius 1 is 0.635 bits per heavy atom.